The van der Waals surface area contributed by atoms with Gasteiger partial charge in [-0.15, -0.1) is 0 Å². The van der Waals surface area contributed by atoms with E-state index in [0.29, 0.717) is 23.7 Å². The van der Waals surface area contributed by atoms with E-state index in [1.807, 2.05) is 24.3 Å². The minimum Gasteiger partial charge on any atom is -0.343 e. The van der Waals surface area contributed by atoms with Gasteiger partial charge in [-0.05, 0) is 29.8 Å². The van der Waals surface area contributed by atoms with Crippen LogP contribution < -0.4 is 5.32 Å². The Bertz CT molecular complexity index is 820. The first kappa shape index (κ1) is 19.7. The number of amides is 2. The van der Waals surface area contributed by atoms with E-state index >= 15 is 0 Å². The molecule has 0 bridgehead atoms. The molecule has 1 heterocycles. The molecule has 0 spiro atoms. The Hall–Kier alpha value is -2.08. The maximum atomic E-state index is 12.4. The second-order valence-electron chi connectivity index (χ2n) is 6.45. The fourth-order valence-electron chi connectivity index (χ4n) is 3.06. The predicted octanol–water partition coefficient (Wildman–Crippen LogP) is 3.07. The number of nitrogens with one attached hydrogen (secondary N) is 1. The first-order valence-electron chi connectivity index (χ1n) is 8.80. The van der Waals surface area contributed by atoms with Crippen LogP contribution in [0.25, 0.3) is 0 Å². The lowest BCUT2D eigenvalue weighted by Gasteiger charge is -2.34. The van der Waals surface area contributed by atoms with Gasteiger partial charge in [0.25, 0.3) is 5.91 Å². The van der Waals surface area contributed by atoms with Crippen molar-refractivity contribution in [2.45, 2.75) is 6.54 Å². The molecule has 0 atom stereocenters. The maximum absolute atomic E-state index is 12.4. The maximum Gasteiger partial charge on any atom is 0.253 e. The molecule has 1 saturated heterocycles. The van der Waals surface area contributed by atoms with E-state index < -0.39 is 0 Å². The molecule has 0 aromatic heterocycles. The van der Waals surface area contributed by atoms with E-state index in [1.54, 1.807) is 29.2 Å². The summed E-state index contributed by atoms with van der Waals surface area (Å²) < 4.78 is 0. The molecule has 7 heteroatoms. The molecule has 1 N–H and O–H groups in total. The topological polar surface area (TPSA) is 52.7 Å². The smallest absolute Gasteiger partial charge is 0.253 e. The molecule has 1 fully saturated rings. The zero-order chi connectivity index (χ0) is 19.2. The number of benzene rings is 2. The predicted molar refractivity (Wildman–Crippen MR) is 107 cm³/mol. The van der Waals surface area contributed by atoms with Gasteiger partial charge in [0.05, 0.1) is 17.1 Å². The van der Waals surface area contributed by atoms with E-state index in [0.717, 1.165) is 30.2 Å². The van der Waals surface area contributed by atoms with Crippen LogP contribution >= 0.6 is 23.2 Å². The van der Waals surface area contributed by atoms with E-state index in [4.69, 9.17) is 23.2 Å². The highest BCUT2D eigenvalue weighted by atomic mass is 35.5. The van der Waals surface area contributed by atoms with Crippen LogP contribution in [0.1, 0.15) is 15.9 Å². The molecule has 1 aliphatic heterocycles. The lowest BCUT2D eigenvalue weighted by molar-refractivity contribution is -0.131. The summed E-state index contributed by atoms with van der Waals surface area (Å²) >= 11 is 12.0. The summed E-state index contributed by atoms with van der Waals surface area (Å²) in [5.41, 5.74) is 1.53. The van der Waals surface area contributed by atoms with Crippen LogP contribution in [0.5, 0.6) is 0 Å². The zero-order valence-corrected chi connectivity index (χ0v) is 16.3. The first-order chi connectivity index (χ1) is 13.0. The molecule has 5 nitrogen and oxygen atoms in total. The van der Waals surface area contributed by atoms with Gasteiger partial charge in [0, 0.05) is 37.7 Å². The van der Waals surface area contributed by atoms with Crippen molar-refractivity contribution in [3.8, 4) is 0 Å². The van der Waals surface area contributed by atoms with Gasteiger partial charge in [0.2, 0.25) is 5.91 Å². The number of carbonyl (C=O) groups excluding carboxylic acids is 2. The highest BCUT2D eigenvalue weighted by Crippen LogP contribution is 2.15. The Labute approximate surface area is 168 Å². The summed E-state index contributed by atoms with van der Waals surface area (Å²) in [7, 11) is 0. The quantitative estimate of drug-likeness (QED) is 0.831. The van der Waals surface area contributed by atoms with Crippen molar-refractivity contribution in [1.82, 2.24) is 15.1 Å². The standard InChI is InChI=1S/C20H21Cl2N3O2/c21-16-5-3-4-15(12-16)14-24-8-10-25(11-9-24)19(26)13-23-20(27)17-6-1-2-7-18(17)22/h1-7,12H,8-11,13-14H2,(H,23,27). The second kappa shape index (κ2) is 9.22. The highest BCUT2D eigenvalue weighted by Gasteiger charge is 2.21. The molecular weight excluding hydrogens is 385 g/mol. The lowest BCUT2D eigenvalue weighted by Crippen LogP contribution is -2.50. The Morgan fingerprint density at radius 3 is 2.41 bits per heavy atom. The largest absolute Gasteiger partial charge is 0.343 e. The van der Waals surface area contributed by atoms with Gasteiger partial charge >= 0.3 is 0 Å². The Kier molecular flexibility index (Phi) is 6.72. The minimum atomic E-state index is -0.339. The molecule has 0 saturated carbocycles. The number of hydrogen-bond acceptors (Lipinski definition) is 3. The van der Waals surface area contributed by atoms with Gasteiger partial charge in [0.1, 0.15) is 0 Å². The van der Waals surface area contributed by atoms with Crippen molar-refractivity contribution in [1.29, 1.82) is 0 Å². The van der Waals surface area contributed by atoms with E-state index in [-0.39, 0.29) is 18.4 Å². The fraction of sp³-hybridized carbons (Fsp3) is 0.300. The summed E-state index contributed by atoms with van der Waals surface area (Å²) in [5, 5.41) is 3.76. The molecule has 0 radical (unpaired) electrons. The molecule has 27 heavy (non-hydrogen) atoms. The van der Waals surface area contributed by atoms with Crippen LogP contribution in [0.15, 0.2) is 48.5 Å². The lowest BCUT2D eigenvalue weighted by atomic mass is 10.2. The van der Waals surface area contributed by atoms with E-state index in [9.17, 15) is 9.59 Å². The molecule has 142 valence electrons. The van der Waals surface area contributed by atoms with Crippen LogP contribution in [0.2, 0.25) is 10.0 Å². The highest BCUT2D eigenvalue weighted by molar-refractivity contribution is 6.33. The van der Waals surface area contributed by atoms with Gasteiger partial charge < -0.3 is 10.2 Å². The average molecular weight is 406 g/mol. The van der Waals surface area contributed by atoms with E-state index in [1.165, 1.54) is 0 Å². The summed E-state index contributed by atoms with van der Waals surface area (Å²) in [6, 6.07) is 14.6. The van der Waals surface area contributed by atoms with Crippen LogP contribution in [0, 0.1) is 0 Å². The van der Waals surface area contributed by atoms with Gasteiger partial charge in [-0.2, -0.15) is 0 Å². The molecular formula is C20H21Cl2N3O2. The molecule has 0 aliphatic carbocycles. The third-order valence-electron chi connectivity index (χ3n) is 4.54. The molecule has 3 rings (SSSR count). The third kappa shape index (κ3) is 5.45. The van der Waals surface area contributed by atoms with Gasteiger partial charge in [0.15, 0.2) is 0 Å². The first-order valence-corrected chi connectivity index (χ1v) is 9.56. The van der Waals surface area contributed by atoms with Crippen molar-refractivity contribution in [3.05, 3.63) is 69.7 Å². The van der Waals surface area contributed by atoms with Gasteiger partial charge in [-0.25, -0.2) is 0 Å². The summed E-state index contributed by atoms with van der Waals surface area (Å²) in [6.45, 7) is 3.64. The Morgan fingerprint density at radius 1 is 0.963 bits per heavy atom. The van der Waals surface area contributed by atoms with Crippen molar-refractivity contribution < 1.29 is 9.59 Å². The van der Waals surface area contributed by atoms with Crippen LogP contribution in [0.3, 0.4) is 0 Å². The minimum absolute atomic E-state index is 0.0294. The average Bonchev–Trinajstić information content (AvgIpc) is 2.67. The zero-order valence-electron chi connectivity index (χ0n) is 14.8. The number of halogens is 2. The normalized spacial score (nSPS) is 14.8. The fourth-order valence-corrected chi connectivity index (χ4v) is 3.49. The Morgan fingerprint density at radius 2 is 1.70 bits per heavy atom. The molecule has 2 aromatic carbocycles. The van der Waals surface area contributed by atoms with Gasteiger partial charge in [-0.3, -0.25) is 14.5 Å². The SMILES string of the molecule is O=C(NCC(=O)N1CCN(Cc2cccc(Cl)c2)CC1)c1ccccc1Cl. The summed E-state index contributed by atoms with van der Waals surface area (Å²) in [4.78, 5) is 28.6. The molecule has 2 aromatic rings. The second-order valence-corrected chi connectivity index (χ2v) is 7.29. The summed E-state index contributed by atoms with van der Waals surface area (Å²) in [5.74, 6) is -0.425. The van der Waals surface area contributed by atoms with Gasteiger partial charge in [-0.1, -0.05) is 47.5 Å². The van der Waals surface area contributed by atoms with Crippen LogP contribution in [-0.4, -0.2) is 54.3 Å². The number of carbonyl (C=O) groups is 2. The number of rotatable bonds is 5. The molecule has 0 unspecified atom stereocenters. The van der Waals surface area contributed by atoms with E-state index in [2.05, 4.69) is 10.2 Å². The van der Waals surface area contributed by atoms with Crippen LogP contribution in [-0.2, 0) is 11.3 Å². The van der Waals surface area contributed by atoms with Crippen LogP contribution in [0.4, 0.5) is 0 Å². The monoisotopic (exact) mass is 405 g/mol. The van der Waals surface area contributed by atoms with Crippen molar-refractivity contribution in [3.63, 3.8) is 0 Å². The third-order valence-corrected chi connectivity index (χ3v) is 5.10. The van der Waals surface area contributed by atoms with Crippen molar-refractivity contribution in [2.75, 3.05) is 32.7 Å². The molecule has 2 amide bonds. The molecule has 1 aliphatic rings. The summed E-state index contributed by atoms with van der Waals surface area (Å²) in [6.07, 6.45) is 0. The number of hydrogen-bond donors (Lipinski definition) is 1. The van der Waals surface area contributed by atoms with Crippen molar-refractivity contribution >= 4 is 35.0 Å². The van der Waals surface area contributed by atoms with Crippen molar-refractivity contribution in [2.24, 2.45) is 0 Å². The number of piperazine rings is 1. The number of nitrogens with zero attached hydrogens (tertiary/aromatic N) is 2. The Balaban J connectivity index is 1.44.